The molecule has 0 saturated carbocycles. The summed E-state index contributed by atoms with van der Waals surface area (Å²) >= 11 is 2.13. The molecule has 0 aliphatic carbocycles. The average Bonchev–Trinajstić information content (AvgIpc) is 2.63. The quantitative estimate of drug-likeness (QED) is 0.783. The van der Waals surface area contributed by atoms with Crippen molar-refractivity contribution in [2.24, 2.45) is 11.1 Å². The number of rotatable bonds is 2. The summed E-state index contributed by atoms with van der Waals surface area (Å²) in [5, 5.41) is 0. The van der Waals surface area contributed by atoms with E-state index in [1.54, 1.807) is 0 Å². The van der Waals surface area contributed by atoms with Gasteiger partial charge < -0.3 is 5.73 Å². The molecule has 2 aliphatic rings. The van der Waals surface area contributed by atoms with E-state index in [0.29, 0.717) is 11.5 Å². The molecule has 3 heteroatoms. The van der Waals surface area contributed by atoms with E-state index in [-0.39, 0.29) is 0 Å². The van der Waals surface area contributed by atoms with Crippen molar-refractivity contribution < 1.29 is 0 Å². The summed E-state index contributed by atoms with van der Waals surface area (Å²) in [6, 6.07) is 1.46. The van der Waals surface area contributed by atoms with Gasteiger partial charge in [-0.3, -0.25) is 4.90 Å². The van der Waals surface area contributed by atoms with Gasteiger partial charge in [-0.05, 0) is 37.0 Å². The normalized spacial score (nSPS) is 37.0. The zero-order valence-corrected chi connectivity index (χ0v) is 10.9. The van der Waals surface area contributed by atoms with Crippen LogP contribution in [0.4, 0.5) is 0 Å². The predicted molar refractivity (Wildman–Crippen MR) is 68.3 cm³/mol. The summed E-state index contributed by atoms with van der Waals surface area (Å²) < 4.78 is 0. The van der Waals surface area contributed by atoms with Crippen molar-refractivity contribution in [2.45, 2.75) is 45.2 Å². The van der Waals surface area contributed by atoms with Crippen molar-refractivity contribution in [3.63, 3.8) is 0 Å². The summed E-state index contributed by atoms with van der Waals surface area (Å²) in [6.07, 6.45) is 4.03. The Kier molecular flexibility index (Phi) is 3.63. The van der Waals surface area contributed by atoms with Gasteiger partial charge in [0.1, 0.15) is 0 Å². The Morgan fingerprint density at radius 3 is 2.93 bits per heavy atom. The summed E-state index contributed by atoms with van der Waals surface area (Å²) in [5.74, 6) is 2.64. The highest BCUT2D eigenvalue weighted by Crippen LogP contribution is 2.37. The number of hydrogen-bond acceptors (Lipinski definition) is 3. The number of nitrogens with zero attached hydrogens (tertiary/aromatic N) is 1. The molecular weight excluding hydrogens is 204 g/mol. The zero-order valence-electron chi connectivity index (χ0n) is 10.0. The van der Waals surface area contributed by atoms with Crippen LogP contribution in [0.15, 0.2) is 0 Å². The molecule has 2 N–H and O–H groups in total. The number of likely N-dealkylation sites (tertiary alicyclic amines) is 1. The highest BCUT2D eigenvalue weighted by atomic mass is 32.2. The van der Waals surface area contributed by atoms with Gasteiger partial charge in [-0.1, -0.05) is 13.8 Å². The molecule has 88 valence electrons. The minimum absolute atomic E-state index is 0.523. The molecule has 0 amide bonds. The molecule has 2 saturated heterocycles. The predicted octanol–water partition coefficient (Wildman–Crippen LogP) is 1.94. The summed E-state index contributed by atoms with van der Waals surface area (Å²) in [4.78, 5) is 2.69. The lowest BCUT2D eigenvalue weighted by Crippen LogP contribution is -2.48. The van der Waals surface area contributed by atoms with Gasteiger partial charge in [0.25, 0.3) is 0 Å². The molecule has 2 rings (SSSR count). The first kappa shape index (κ1) is 11.7. The first-order chi connectivity index (χ1) is 7.12. The molecule has 0 bridgehead atoms. The van der Waals surface area contributed by atoms with Crippen LogP contribution in [-0.4, -0.2) is 41.6 Å². The number of thioether (sulfide) groups is 1. The Morgan fingerprint density at radius 1 is 1.47 bits per heavy atom. The number of hydrogen-bond donors (Lipinski definition) is 1. The third-order valence-corrected chi connectivity index (χ3v) is 5.36. The lowest BCUT2D eigenvalue weighted by atomic mass is 9.87. The Bertz CT molecular complexity index is 218. The van der Waals surface area contributed by atoms with Gasteiger partial charge in [0.2, 0.25) is 0 Å². The van der Waals surface area contributed by atoms with Crippen molar-refractivity contribution in [1.29, 1.82) is 0 Å². The van der Waals surface area contributed by atoms with Crippen molar-refractivity contribution in [3.05, 3.63) is 0 Å². The smallest absolute Gasteiger partial charge is 0.0222 e. The van der Waals surface area contributed by atoms with Crippen molar-refractivity contribution in [3.8, 4) is 0 Å². The van der Waals surface area contributed by atoms with Crippen molar-refractivity contribution >= 4 is 11.8 Å². The Balaban J connectivity index is 1.97. The summed E-state index contributed by atoms with van der Waals surface area (Å²) in [5.41, 5.74) is 6.37. The van der Waals surface area contributed by atoms with Crippen LogP contribution in [0.25, 0.3) is 0 Å². The van der Waals surface area contributed by atoms with Crippen LogP contribution in [0.5, 0.6) is 0 Å². The zero-order chi connectivity index (χ0) is 10.9. The molecule has 2 atom stereocenters. The largest absolute Gasteiger partial charge is 0.329 e. The maximum Gasteiger partial charge on any atom is 0.0222 e. The lowest BCUT2D eigenvalue weighted by molar-refractivity contribution is 0.149. The van der Waals surface area contributed by atoms with E-state index in [1.165, 1.54) is 37.3 Å². The first-order valence-corrected chi connectivity index (χ1v) is 7.31. The fourth-order valence-corrected chi connectivity index (χ4v) is 4.40. The lowest BCUT2D eigenvalue weighted by Gasteiger charge is -2.41. The highest BCUT2D eigenvalue weighted by Gasteiger charge is 2.36. The molecule has 15 heavy (non-hydrogen) atoms. The molecule has 2 fully saturated rings. The van der Waals surface area contributed by atoms with E-state index in [0.717, 1.165) is 12.6 Å². The van der Waals surface area contributed by atoms with E-state index in [1.807, 2.05) is 0 Å². The van der Waals surface area contributed by atoms with E-state index in [2.05, 4.69) is 30.5 Å². The molecule has 0 spiro atoms. The molecule has 0 aromatic carbocycles. The highest BCUT2D eigenvalue weighted by molar-refractivity contribution is 7.99. The summed E-state index contributed by atoms with van der Waals surface area (Å²) in [6.45, 7) is 6.93. The second-order valence-corrected chi connectivity index (χ2v) is 6.84. The van der Waals surface area contributed by atoms with Crippen LogP contribution in [0.1, 0.15) is 33.1 Å². The van der Waals surface area contributed by atoms with Gasteiger partial charge in [0, 0.05) is 24.4 Å². The van der Waals surface area contributed by atoms with Crippen molar-refractivity contribution in [2.75, 3.05) is 24.6 Å². The van der Waals surface area contributed by atoms with E-state index in [4.69, 9.17) is 5.73 Å². The second-order valence-electron chi connectivity index (χ2n) is 5.81. The van der Waals surface area contributed by atoms with Gasteiger partial charge in [-0.2, -0.15) is 11.8 Å². The van der Waals surface area contributed by atoms with Gasteiger partial charge in [-0.25, -0.2) is 0 Å². The summed E-state index contributed by atoms with van der Waals surface area (Å²) in [7, 11) is 0. The number of nitrogens with two attached hydrogens (primary N) is 1. The molecule has 0 radical (unpaired) electrons. The SMILES string of the molecule is CC1(C)CSCC(N2CCCC2CN)C1. The molecular formula is C12H24N2S. The fourth-order valence-electron chi connectivity index (χ4n) is 3.03. The van der Waals surface area contributed by atoms with Gasteiger partial charge in [0.15, 0.2) is 0 Å². The molecule has 2 unspecified atom stereocenters. The monoisotopic (exact) mass is 228 g/mol. The van der Waals surface area contributed by atoms with Crippen LogP contribution in [0.2, 0.25) is 0 Å². The van der Waals surface area contributed by atoms with Crippen LogP contribution in [0, 0.1) is 5.41 Å². The topological polar surface area (TPSA) is 29.3 Å². The maximum absolute atomic E-state index is 5.85. The van der Waals surface area contributed by atoms with Gasteiger partial charge in [0.05, 0.1) is 0 Å². The fraction of sp³-hybridized carbons (Fsp3) is 1.00. The van der Waals surface area contributed by atoms with Gasteiger partial charge >= 0.3 is 0 Å². The van der Waals surface area contributed by atoms with Crippen LogP contribution < -0.4 is 5.73 Å². The van der Waals surface area contributed by atoms with E-state index >= 15 is 0 Å². The average molecular weight is 228 g/mol. The molecule has 2 heterocycles. The van der Waals surface area contributed by atoms with Gasteiger partial charge in [-0.15, -0.1) is 0 Å². The molecule has 0 aromatic heterocycles. The van der Waals surface area contributed by atoms with Crippen LogP contribution in [-0.2, 0) is 0 Å². The molecule has 2 aliphatic heterocycles. The van der Waals surface area contributed by atoms with Crippen LogP contribution >= 0.6 is 11.8 Å². The standard InChI is InChI=1S/C12H24N2S/c1-12(2)6-11(8-15-9-12)14-5-3-4-10(14)7-13/h10-11H,3-9,13H2,1-2H3. The third-order valence-electron chi connectivity index (χ3n) is 3.76. The van der Waals surface area contributed by atoms with E-state index < -0.39 is 0 Å². The first-order valence-electron chi connectivity index (χ1n) is 6.16. The van der Waals surface area contributed by atoms with Crippen molar-refractivity contribution in [1.82, 2.24) is 4.90 Å². The Morgan fingerprint density at radius 2 is 2.27 bits per heavy atom. The minimum atomic E-state index is 0.523. The second kappa shape index (κ2) is 4.64. The van der Waals surface area contributed by atoms with E-state index in [9.17, 15) is 0 Å². The van der Waals surface area contributed by atoms with Crippen LogP contribution in [0.3, 0.4) is 0 Å². The Hall–Kier alpha value is 0.270. The minimum Gasteiger partial charge on any atom is -0.329 e. The third kappa shape index (κ3) is 2.69. The molecule has 2 nitrogen and oxygen atoms in total. The molecule has 0 aromatic rings. The maximum atomic E-state index is 5.85. The Labute approximate surface area is 98.0 Å².